The van der Waals surface area contributed by atoms with Gasteiger partial charge in [0.15, 0.2) is 0 Å². The minimum absolute atomic E-state index is 0.255. The van der Waals surface area contributed by atoms with E-state index >= 15 is 0 Å². The minimum atomic E-state index is -0.277. The third-order valence-electron chi connectivity index (χ3n) is 4.19. The van der Waals surface area contributed by atoms with Gasteiger partial charge in [0, 0.05) is 5.56 Å². The van der Waals surface area contributed by atoms with Crippen molar-refractivity contribution in [2.75, 3.05) is 21.3 Å². The second-order valence-electron chi connectivity index (χ2n) is 5.87. The Hall–Kier alpha value is -3.61. The summed E-state index contributed by atoms with van der Waals surface area (Å²) < 4.78 is 15.6. The molecule has 1 amide bonds. The fourth-order valence-electron chi connectivity index (χ4n) is 2.67. The quantitative estimate of drug-likeness (QED) is 0.679. The van der Waals surface area contributed by atoms with Gasteiger partial charge in [0.2, 0.25) is 0 Å². The Bertz CT molecular complexity index is 958. The maximum absolute atomic E-state index is 12.6. The lowest BCUT2D eigenvalue weighted by Gasteiger charge is -2.11. The summed E-state index contributed by atoms with van der Waals surface area (Å²) in [6, 6.07) is 14.5. The summed E-state index contributed by atoms with van der Waals surface area (Å²) in [6.07, 6.45) is 1.48. The van der Waals surface area contributed by atoms with Crippen LogP contribution in [-0.4, -0.2) is 37.2 Å². The predicted octanol–water partition coefficient (Wildman–Crippen LogP) is 3.10. The zero-order chi connectivity index (χ0) is 19.9. The van der Waals surface area contributed by atoms with Crippen molar-refractivity contribution in [1.29, 1.82) is 0 Å². The van der Waals surface area contributed by atoms with E-state index in [4.69, 9.17) is 14.2 Å². The molecule has 0 spiro atoms. The Balaban J connectivity index is 1.73. The highest BCUT2D eigenvalue weighted by atomic mass is 16.5. The van der Waals surface area contributed by atoms with Gasteiger partial charge in [-0.3, -0.25) is 4.79 Å². The largest absolute Gasteiger partial charge is 0.497 e. The van der Waals surface area contributed by atoms with E-state index < -0.39 is 0 Å². The van der Waals surface area contributed by atoms with Crippen molar-refractivity contribution in [3.8, 4) is 28.5 Å². The summed E-state index contributed by atoms with van der Waals surface area (Å²) in [5.41, 5.74) is 2.79. The van der Waals surface area contributed by atoms with E-state index in [9.17, 15) is 4.79 Å². The van der Waals surface area contributed by atoms with Gasteiger partial charge in [-0.2, -0.15) is 0 Å². The molecule has 0 aliphatic heterocycles. The summed E-state index contributed by atoms with van der Waals surface area (Å²) >= 11 is 0. The number of nitrogens with zero attached hydrogens (tertiary/aromatic N) is 2. The van der Waals surface area contributed by atoms with E-state index in [1.807, 2.05) is 30.3 Å². The molecule has 0 bridgehead atoms. The molecule has 0 aliphatic rings. The molecule has 3 aromatic rings. The molecule has 7 heteroatoms. The predicted molar refractivity (Wildman–Crippen MR) is 105 cm³/mol. The van der Waals surface area contributed by atoms with Gasteiger partial charge in [0.05, 0.1) is 44.8 Å². The van der Waals surface area contributed by atoms with Crippen molar-refractivity contribution in [2.24, 2.45) is 0 Å². The number of benzene rings is 2. The number of hydrogen-bond donors (Lipinski definition) is 1. The molecular weight excluding hydrogens is 358 g/mol. The molecule has 0 atom stereocenters. The van der Waals surface area contributed by atoms with Crippen molar-refractivity contribution in [3.63, 3.8) is 0 Å². The molecular formula is C21H21N3O4. The van der Waals surface area contributed by atoms with Crippen LogP contribution in [0.5, 0.6) is 17.2 Å². The number of rotatable bonds is 7. The topological polar surface area (TPSA) is 82.6 Å². The van der Waals surface area contributed by atoms with Gasteiger partial charge < -0.3 is 19.5 Å². The highest BCUT2D eigenvalue weighted by molar-refractivity contribution is 5.97. The normalized spacial score (nSPS) is 10.2. The van der Waals surface area contributed by atoms with E-state index in [1.165, 1.54) is 13.4 Å². The van der Waals surface area contributed by atoms with E-state index in [0.29, 0.717) is 22.8 Å². The van der Waals surface area contributed by atoms with E-state index in [1.54, 1.807) is 32.4 Å². The van der Waals surface area contributed by atoms with Gasteiger partial charge in [0.1, 0.15) is 23.6 Å². The highest BCUT2D eigenvalue weighted by Gasteiger charge is 2.14. The lowest BCUT2D eigenvalue weighted by molar-refractivity contribution is 0.0947. The summed E-state index contributed by atoms with van der Waals surface area (Å²) in [7, 11) is 4.69. The number of ether oxygens (including phenoxy) is 3. The van der Waals surface area contributed by atoms with Crippen LogP contribution in [-0.2, 0) is 6.54 Å². The zero-order valence-corrected chi connectivity index (χ0v) is 15.9. The van der Waals surface area contributed by atoms with Crippen molar-refractivity contribution in [1.82, 2.24) is 15.3 Å². The number of methoxy groups -OCH3 is 3. The molecule has 1 N–H and O–H groups in total. The SMILES string of the molecule is COc1ccc(-c2cc(CNC(=O)c3cc(OC)ccc3OC)ncn2)cc1. The molecule has 144 valence electrons. The summed E-state index contributed by atoms with van der Waals surface area (Å²) in [5, 5.41) is 2.85. The summed E-state index contributed by atoms with van der Waals surface area (Å²) in [6.45, 7) is 0.255. The number of hydrogen-bond acceptors (Lipinski definition) is 6. The van der Waals surface area contributed by atoms with Crippen molar-refractivity contribution in [2.45, 2.75) is 6.54 Å². The molecule has 7 nitrogen and oxygen atoms in total. The van der Waals surface area contributed by atoms with Gasteiger partial charge in [0.25, 0.3) is 5.91 Å². The van der Waals surface area contributed by atoms with Crippen LogP contribution < -0.4 is 19.5 Å². The average Bonchev–Trinajstić information content (AvgIpc) is 2.77. The lowest BCUT2D eigenvalue weighted by Crippen LogP contribution is -2.24. The Labute approximate surface area is 163 Å². The molecule has 0 unspecified atom stereocenters. The molecule has 0 saturated heterocycles. The monoisotopic (exact) mass is 379 g/mol. The van der Waals surface area contributed by atoms with Crippen LogP contribution >= 0.6 is 0 Å². The molecule has 3 rings (SSSR count). The van der Waals surface area contributed by atoms with Crippen LogP contribution in [0.2, 0.25) is 0 Å². The average molecular weight is 379 g/mol. The van der Waals surface area contributed by atoms with Crippen molar-refractivity contribution < 1.29 is 19.0 Å². The third-order valence-corrected chi connectivity index (χ3v) is 4.19. The Morgan fingerprint density at radius 2 is 1.61 bits per heavy atom. The van der Waals surface area contributed by atoms with Gasteiger partial charge in [-0.15, -0.1) is 0 Å². The van der Waals surface area contributed by atoms with Crippen LogP contribution in [0.1, 0.15) is 16.1 Å². The number of carbonyl (C=O) groups is 1. The maximum atomic E-state index is 12.6. The first-order valence-electron chi connectivity index (χ1n) is 8.60. The van der Waals surface area contributed by atoms with Crippen molar-refractivity contribution in [3.05, 3.63) is 66.1 Å². The molecule has 0 fully saturated rings. The molecule has 0 aliphatic carbocycles. The van der Waals surface area contributed by atoms with Crippen LogP contribution in [0.15, 0.2) is 54.9 Å². The summed E-state index contributed by atoms with van der Waals surface area (Å²) in [4.78, 5) is 21.1. The van der Waals surface area contributed by atoms with Gasteiger partial charge in [-0.05, 0) is 48.5 Å². The van der Waals surface area contributed by atoms with Crippen LogP contribution in [0, 0.1) is 0 Å². The maximum Gasteiger partial charge on any atom is 0.255 e. The van der Waals surface area contributed by atoms with E-state index in [2.05, 4.69) is 15.3 Å². The fourth-order valence-corrected chi connectivity index (χ4v) is 2.67. The van der Waals surface area contributed by atoms with Gasteiger partial charge >= 0.3 is 0 Å². The number of aromatic nitrogens is 2. The van der Waals surface area contributed by atoms with E-state index in [0.717, 1.165) is 17.0 Å². The molecule has 28 heavy (non-hydrogen) atoms. The number of nitrogens with one attached hydrogen (secondary N) is 1. The van der Waals surface area contributed by atoms with Crippen molar-refractivity contribution >= 4 is 5.91 Å². The molecule has 2 aromatic carbocycles. The molecule has 0 radical (unpaired) electrons. The summed E-state index contributed by atoms with van der Waals surface area (Å²) in [5.74, 6) is 1.55. The first kappa shape index (κ1) is 19.2. The zero-order valence-electron chi connectivity index (χ0n) is 15.9. The highest BCUT2D eigenvalue weighted by Crippen LogP contribution is 2.24. The van der Waals surface area contributed by atoms with Crippen LogP contribution in [0.4, 0.5) is 0 Å². The Kier molecular flexibility index (Phi) is 6.06. The fraction of sp³-hybridized carbons (Fsp3) is 0.190. The van der Waals surface area contributed by atoms with Crippen LogP contribution in [0.3, 0.4) is 0 Å². The number of carbonyl (C=O) groups excluding carboxylic acids is 1. The second-order valence-corrected chi connectivity index (χ2v) is 5.87. The third kappa shape index (κ3) is 4.37. The lowest BCUT2D eigenvalue weighted by atomic mass is 10.1. The number of amides is 1. The molecule has 1 aromatic heterocycles. The smallest absolute Gasteiger partial charge is 0.255 e. The first-order chi connectivity index (χ1) is 13.6. The minimum Gasteiger partial charge on any atom is -0.497 e. The first-order valence-corrected chi connectivity index (χ1v) is 8.60. The second kappa shape index (κ2) is 8.85. The molecule has 0 saturated carbocycles. The Morgan fingerprint density at radius 1 is 0.893 bits per heavy atom. The Morgan fingerprint density at radius 3 is 2.29 bits per heavy atom. The standard InChI is InChI=1S/C21H21N3O4/c1-26-16-6-4-14(5-7-16)19-10-15(23-13-24-19)12-22-21(25)18-11-17(27-2)8-9-20(18)28-3/h4-11,13H,12H2,1-3H3,(H,22,25). The van der Waals surface area contributed by atoms with Gasteiger partial charge in [-0.25, -0.2) is 9.97 Å². The van der Waals surface area contributed by atoms with Gasteiger partial charge in [-0.1, -0.05) is 0 Å². The molecule has 1 heterocycles. The van der Waals surface area contributed by atoms with E-state index in [-0.39, 0.29) is 12.5 Å². The van der Waals surface area contributed by atoms with Crippen LogP contribution in [0.25, 0.3) is 11.3 Å².